The van der Waals surface area contributed by atoms with Gasteiger partial charge in [-0.25, -0.2) is 4.98 Å². The summed E-state index contributed by atoms with van der Waals surface area (Å²) in [6.07, 6.45) is 11.1. The summed E-state index contributed by atoms with van der Waals surface area (Å²) in [6.45, 7) is 5.81. The van der Waals surface area contributed by atoms with Crippen molar-refractivity contribution in [1.29, 1.82) is 0 Å². The standard InChI is InChI=1S/C34H46N4O2/c1-2-3-4-5-6-7-8-15-20-32(39)36-34(40)30-21-22-31(35-27-30)37-23-25-38(26-24-37)33(28-16-11-9-12-17-28)29-18-13-10-14-19-29/h9-14,16-19,21-22,27,32-33,39H,2-8,15,20,23-26H2,1H3,(H,36,40). The van der Waals surface area contributed by atoms with E-state index < -0.39 is 6.23 Å². The largest absolute Gasteiger partial charge is 0.374 e. The molecule has 1 saturated heterocycles. The third-order valence-electron chi connectivity index (χ3n) is 7.87. The Morgan fingerprint density at radius 2 is 1.38 bits per heavy atom. The van der Waals surface area contributed by atoms with E-state index in [9.17, 15) is 9.90 Å². The Labute approximate surface area is 240 Å². The summed E-state index contributed by atoms with van der Waals surface area (Å²) in [6, 6.07) is 25.4. The summed E-state index contributed by atoms with van der Waals surface area (Å²) >= 11 is 0. The van der Waals surface area contributed by atoms with E-state index in [0.717, 1.165) is 44.8 Å². The highest BCUT2D eigenvalue weighted by atomic mass is 16.3. The van der Waals surface area contributed by atoms with Gasteiger partial charge in [-0.2, -0.15) is 0 Å². The molecule has 4 rings (SSSR count). The lowest BCUT2D eigenvalue weighted by Gasteiger charge is -2.40. The quantitative estimate of drug-likeness (QED) is 0.168. The summed E-state index contributed by atoms with van der Waals surface area (Å²) in [7, 11) is 0. The number of nitrogens with zero attached hydrogens (tertiary/aromatic N) is 3. The monoisotopic (exact) mass is 542 g/mol. The van der Waals surface area contributed by atoms with Crippen molar-refractivity contribution >= 4 is 11.7 Å². The van der Waals surface area contributed by atoms with Gasteiger partial charge in [-0.1, -0.05) is 113 Å². The molecular formula is C34H46N4O2. The van der Waals surface area contributed by atoms with E-state index in [2.05, 4.69) is 87.7 Å². The molecule has 0 saturated carbocycles. The highest BCUT2D eigenvalue weighted by Crippen LogP contribution is 2.30. The van der Waals surface area contributed by atoms with Crippen LogP contribution in [0.4, 0.5) is 5.82 Å². The third kappa shape index (κ3) is 8.90. The molecule has 0 spiro atoms. The fourth-order valence-corrected chi connectivity index (χ4v) is 5.58. The minimum Gasteiger partial charge on any atom is -0.374 e. The van der Waals surface area contributed by atoms with Crippen molar-refractivity contribution < 1.29 is 9.90 Å². The maximum Gasteiger partial charge on any atom is 0.254 e. The molecule has 1 aliphatic heterocycles. The lowest BCUT2D eigenvalue weighted by molar-refractivity contribution is 0.0757. The molecule has 1 unspecified atom stereocenters. The molecule has 2 N–H and O–H groups in total. The number of benzene rings is 2. The van der Waals surface area contributed by atoms with Gasteiger partial charge in [-0.05, 0) is 36.1 Å². The van der Waals surface area contributed by atoms with Crippen LogP contribution in [0.5, 0.6) is 0 Å². The van der Waals surface area contributed by atoms with Gasteiger partial charge < -0.3 is 15.3 Å². The Bertz CT molecular complexity index is 1080. The zero-order valence-corrected chi connectivity index (χ0v) is 24.0. The molecule has 2 aromatic carbocycles. The SMILES string of the molecule is CCCCCCCCCCC(O)NC(=O)c1ccc(N2CCN(C(c3ccccc3)c3ccccc3)CC2)nc1. The lowest BCUT2D eigenvalue weighted by atomic mass is 9.96. The molecule has 1 aliphatic rings. The van der Waals surface area contributed by atoms with Gasteiger partial charge in [0, 0.05) is 32.4 Å². The molecule has 214 valence electrons. The van der Waals surface area contributed by atoms with Gasteiger partial charge in [0.05, 0.1) is 11.6 Å². The van der Waals surface area contributed by atoms with E-state index in [-0.39, 0.29) is 11.9 Å². The number of carbonyl (C=O) groups is 1. The summed E-state index contributed by atoms with van der Waals surface area (Å²) in [5.41, 5.74) is 3.09. The number of rotatable bonds is 15. The van der Waals surface area contributed by atoms with E-state index in [4.69, 9.17) is 0 Å². The number of carbonyl (C=O) groups excluding carboxylic acids is 1. The molecule has 1 atom stereocenters. The Balaban J connectivity index is 1.23. The first-order valence-electron chi connectivity index (χ1n) is 15.2. The molecule has 6 heteroatoms. The fraction of sp³-hybridized carbons (Fsp3) is 0.471. The van der Waals surface area contributed by atoms with Crippen LogP contribution in [-0.2, 0) is 0 Å². The predicted molar refractivity (Wildman–Crippen MR) is 163 cm³/mol. The summed E-state index contributed by atoms with van der Waals surface area (Å²) < 4.78 is 0. The number of nitrogens with one attached hydrogen (secondary N) is 1. The first kappa shape index (κ1) is 29.8. The van der Waals surface area contributed by atoms with Crippen LogP contribution in [0.3, 0.4) is 0 Å². The first-order chi connectivity index (χ1) is 19.7. The number of aliphatic hydroxyl groups is 1. The van der Waals surface area contributed by atoms with Crippen LogP contribution in [0.2, 0.25) is 0 Å². The van der Waals surface area contributed by atoms with Crippen LogP contribution in [-0.4, -0.2) is 53.3 Å². The van der Waals surface area contributed by atoms with Gasteiger partial charge in [0.25, 0.3) is 5.91 Å². The maximum absolute atomic E-state index is 12.6. The van der Waals surface area contributed by atoms with Crippen molar-refractivity contribution in [1.82, 2.24) is 15.2 Å². The number of amides is 1. The lowest BCUT2D eigenvalue weighted by Crippen LogP contribution is -2.48. The number of pyridine rings is 1. The van der Waals surface area contributed by atoms with Crippen molar-refractivity contribution in [3.05, 3.63) is 95.7 Å². The van der Waals surface area contributed by atoms with Crippen LogP contribution >= 0.6 is 0 Å². The summed E-state index contributed by atoms with van der Waals surface area (Å²) in [5, 5.41) is 13.0. The van der Waals surface area contributed by atoms with Gasteiger partial charge in [0.2, 0.25) is 0 Å². The second-order valence-corrected chi connectivity index (χ2v) is 10.9. The van der Waals surface area contributed by atoms with Crippen molar-refractivity contribution in [3.8, 4) is 0 Å². The average molecular weight is 543 g/mol. The first-order valence-corrected chi connectivity index (χ1v) is 15.2. The molecule has 3 aromatic rings. The smallest absolute Gasteiger partial charge is 0.254 e. The van der Waals surface area contributed by atoms with E-state index in [0.29, 0.717) is 12.0 Å². The summed E-state index contributed by atoms with van der Waals surface area (Å²) in [5.74, 6) is 0.608. The van der Waals surface area contributed by atoms with E-state index in [1.807, 2.05) is 12.1 Å². The fourth-order valence-electron chi connectivity index (χ4n) is 5.58. The molecule has 40 heavy (non-hydrogen) atoms. The second kappa shape index (κ2) is 16.1. The molecule has 6 nitrogen and oxygen atoms in total. The van der Waals surface area contributed by atoms with E-state index in [1.54, 1.807) is 6.20 Å². The van der Waals surface area contributed by atoms with Crippen molar-refractivity contribution in [2.45, 2.75) is 77.0 Å². The Hall–Kier alpha value is -3.22. The highest BCUT2D eigenvalue weighted by molar-refractivity contribution is 5.94. The zero-order valence-electron chi connectivity index (χ0n) is 24.0. The van der Waals surface area contributed by atoms with Gasteiger partial charge in [-0.15, -0.1) is 0 Å². The van der Waals surface area contributed by atoms with Crippen LogP contribution in [0.25, 0.3) is 0 Å². The number of aromatic nitrogens is 1. The average Bonchev–Trinajstić information content (AvgIpc) is 3.00. The minimum absolute atomic E-state index is 0.223. The number of hydrogen-bond donors (Lipinski definition) is 2. The molecule has 0 bridgehead atoms. The van der Waals surface area contributed by atoms with E-state index >= 15 is 0 Å². The van der Waals surface area contributed by atoms with Crippen molar-refractivity contribution in [3.63, 3.8) is 0 Å². The van der Waals surface area contributed by atoms with Gasteiger partial charge in [0.1, 0.15) is 12.0 Å². The molecule has 0 radical (unpaired) electrons. The molecule has 1 amide bonds. The van der Waals surface area contributed by atoms with Crippen LogP contribution in [0.1, 0.15) is 92.2 Å². The highest BCUT2D eigenvalue weighted by Gasteiger charge is 2.27. The number of piperazine rings is 1. The minimum atomic E-state index is -0.817. The van der Waals surface area contributed by atoms with Crippen molar-refractivity contribution in [2.75, 3.05) is 31.1 Å². The molecule has 2 heterocycles. The van der Waals surface area contributed by atoms with E-state index in [1.165, 1.54) is 49.7 Å². The summed E-state index contributed by atoms with van der Waals surface area (Å²) in [4.78, 5) is 22.1. The Kier molecular flexibility index (Phi) is 12.0. The maximum atomic E-state index is 12.6. The normalized spacial score (nSPS) is 14.8. The van der Waals surface area contributed by atoms with Gasteiger partial charge in [-0.3, -0.25) is 9.69 Å². The van der Waals surface area contributed by atoms with Gasteiger partial charge in [0.15, 0.2) is 0 Å². The predicted octanol–water partition coefficient (Wildman–Crippen LogP) is 6.57. The number of unbranched alkanes of at least 4 members (excludes halogenated alkanes) is 7. The zero-order chi connectivity index (χ0) is 28.0. The molecule has 0 aliphatic carbocycles. The van der Waals surface area contributed by atoms with Crippen LogP contribution < -0.4 is 10.2 Å². The Morgan fingerprint density at radius 3 is 1.93 bits per heavy atom. The van der Waals surface area contributed by atoms with Crippen LogP contribution in [0.15, 0.2) is 79.0 Å². The Morgan fingerprint density at radius 1 is 0.800 bits per heavy atom. The molecular weight excluding hydrogens is 496 g/mol. The number of aliphatic hydroxyl groups excluding tert-OH is 1. The number of hydrogen-bond acceptors (Lipinski definition) is 5. The third-order valence-corrected chi connectivity index (χ3v) is 7.87. The number of anilines is 1. The second-order valence-electron chi connectivity index (χ2n) is 10.9. The van der Waals surface area contributed by atoms with Crippen LogP contribution in [0, 0.1) is 0 Å². The molecule has 1 aromatic heterocycles. The topological polar surface area (TPSA) is 68.7 Å². The molecule has 1 fully saturated rings. The van der Waals surface area contributed by atoms with Gasteiger partial charge >= 0.3 is 0 Å². The van der Waals surface area contributed by atoms with Crippen molar-refractivity contribution in [2.24, 2.45) is 0 Å².